The maximum Gasteiger partial charge on any atom is 0.116 e. The number of hydrogen-bond acceptors (Lipinski definition) is 1. The molecule has 1 heteroatoms. The Kier molecular flexibility index (Phi) is 3.43. The minimum absolute atomic E-state index is 0.102. The van der Waals surface area contributed by atoms with Gasteiger partial charge in [-0.25, -0.2) is 0 Å². The summed E-state index contributed by atoms with van der Waals surface area (Å²) in [5, 5.41) is 9.67. The van der Waals surface area contributed by atoms with Gasteiger partial charge in [-0.1, -0.05) is 40.7 Å². The Labute approximate surface area is 93.1 Å². The molecule has 15 heavy (non-hydrogen) atoms. The smallest absolute Gasteiger partial charge is 0.116 e. The van der Waals surface area contributed by atoms with E-state index in [-0.39, 0.29) is 5.41 Å². The molecule has 0 radical (unpaired) electrons. The monoisotopic (exact) mass is 206 g/mol. The van der Waals surface area contributed by atoms with Gasteiger partial charge in [0.1, 0.15) is 5.75 Å². The molecule has 0 fully saturated rings. The first kappa shape index (κ1) is 12.1. The van der Waals surface area contributed by atoms with Crippen LogP contribution < -0.4 is 0 Å². The van der Waals surface area contributed by atoms with Crippen molar-refractivity contribution in [3.05, 3.63) is 29.3 Å². The van der Waals surface area contributed by atoms with Crippen molar-refractivity contribution in [2.75, 3.05) is 0 Å². The van der Waals surface area contributed by atoms with Crippen molar-refractivity contribution in [3.63, 3.8) is 0 Å². The molecule has 1 N–H and O–H groups in total. The van der Waals surface area contributed by atoms with Crippen molar-refractivity contribution < 1.29 is 5.11 Å². The molecule has 84 valence electrons. The lowest BCUT2D eigenvalue weighted by atomic mass is 9.85. The Morgan fingerprint density at radius 2 is 1.73 bits per heavy atom. The predicted molar refractivity (Wildman–Crippen MR) is 65.3 cm³/mol. The SMILES string of the molecule is CC(C)Cc1cc(O)cc(C(C)(C)C)c1. The molecule has 1 aromatic carbocycles. The molecule has 0 saturated carbocycles. The van der Waals surface area contributed by atoms with E-state index in [2.05, 4.69) is 40.7 Å². The van der Waals surface area contributed by atoms with Crippen LogP contribution in [-0.2, 0) is 11.8 Å². The summed E-state index contributed by atoms with van der Waals surface area (Å²) in [5.74, 6) is 1.01. The maximum atomic E-state index is 9.67. The molecular formula is C14H22O. The molecule has 0 spiro atoms. The van der Waals surface area contributed by atoms with Gasteiger partial charge in [-0.3, -0.25) is 0 Å². The van der Waals surface area contributed by atoms with Gasteiger partial charge in [0.05, 0.1) is 0 Å². The number of benzene rings is 1. The van der Waals surface area contributed by atoms with E-state index in [4.69, 9.17) is 0 Å². The van der Waals surface area contributed by atoms with Crippen molar-refractivity contribution in [1.29, 1.82) is 0 Å². The molecule has 0 atom stereocenters. The number of phenolic OH excluding ortho intramolecular Hbond substituents is 1. The van der Waals surface area contributed by atoms with Crippen LogP contribution in [0.4, 0.5) is 0 Å². The number of phenols is 1. The van der Waals surface area contributed by atoms with Gasteiger partial charge >= 0.3 is 0 Å². The largest absolute Gasteiger partial charge is 0.508 e. The summed E-state index contributed by atoms with van der Waals surface area (Å²) in [7, 11) is 0. The van der Waals surface area contributed by atoms with E-state index >= 15 is 0 Å². The van der Waals surface area contributed by atoms with Crippen LogP contribution in [-0.4, -0.2) is 5.11 Å². The van der Waals surface area contributed by atoms with Crippen LogP contribution in [0.5, 0.6) is 5.75 Å². The van der Waals surface area contributed by atoms with Crippen LogP contribution in [0, 0.1) is 5.92 Å². The Morgan fingerprint density at radius 3 is 2.20 bits per heavy atom. The second-order valence-corrected chi connectivity index (χ2v) is 5.74. The lowest BCUT2D eigenvalue weighted by molar-refractivity contribution is 0.469. The first-order valence-corrected chi connectivity index (χ1v) is 5.62. The van der Waals surface area contributed by atoms with E-state index in [0.717, 1.165) is 6.42 Å². The predicted octanol–water partition coefficient (Wildman–Crippen LogP) is 3.89. The highest BCUT2D eigenvalue weighted by Gasteiger charge is 2.15. The van der Waals surface area contributed by atoms with Gasteiger partial charge in [0, 0.05) is 0 Å². The van der Waals surface area contributed by atoms with Crippen molar-refractivity contribution >= 4 is 0 Å². The molecule has 0 amide bonds. The van der Waals surface area contributed by atoms with Crippen molar-refractivity contribution in [2.24, 2.45) is 5.92 Å². The fourth-order valence-electron chi connectivity index (χ4n) is 1.70. The van der Waals surface area contributed by atoms with Gasteiger partial charge in [-0.15, -0.1) is 0 Å². The zero-order chi connectivity index (χ0) is 11.6. The number of aromatic hydroxyl groups is 1. The Balaban J connectivity index is 3.06. The molecular weight excluding hydrogens is 184 g/mol. The van der Waals surface area contributed by atoms with E-state index in [1.807, 2.05) is 12.1 Å². The molecule has 0 unspecified atom stereocenters. The fraction of sp³-hybridized carbons (Fsp3) is 0.571. The van der Waals surface area contributed by atoms with E-state index in [1.54, 1.807) is 0 Å². The molecule has 0 bridgehead atoms. The van der Waals surface area contributed by atoms with Gasteiger partial charge in [-0.05, 0) is 41.0 Å². The van der Waals surface area contributed by atoms with Gasteiger partial charge in [-0.2, -0.15) is 0 Å². The third-order valence-electron chi connectivity index (χ3n) is 2.49. The summed E-state index contributed by atoms with van der Waals surface area (Å²) in [5.41, 5.74) is 2.54. The van der Waals surface area contributed by atoms with Gasteiger partial charge in [0.25, 0.3) is 0 Å². The van der Waals surface area contributed by atoms with Crippen molar-refractivity contribution in [3.8, 4) is 5.75 Å². The summed E-state index contributed by atoms with van der Waals surface area (Å²) >= 11 is 0. The summed E-state index contributed by atoms with van der Waals surface area (Å²) < 4.78 is 0. The molecule has 0 aliphatic carbocycles. The molecule has 1 aromatic rings. The normalized spacial score (nSPS) is 12.1. The third kappa shape index (κ3) is 3.58. The number of hydrogen-bond donors (Lipinski definition) is 1. The molecule has 0 saturated heterocycles. The lowest BCUT2D eigenvalue weighted by Crippen LogP contribution is -2.11. The fourth-order valence-corrected chi connectivity index (χ4v) is 1.70. The highest BCUT2D eigenvalue weighted by molar-refractivity contribution is 5.37. The van der Waals surface area contributed by atoms with Crippen molar-refractivity contribution in [1.82, 2.24) is 0 Å². The zero-order valence-electron chi connectivity index (χ0n) is 10.5. The summed E-state index contributed by atoms with van der Waals surface area (Å²) in [4.78, 5) is 0. The van der Waals surface area contributed by atoms with Gasteiger partial charge in [0.15, 0.2) is 0 Å². The molecule has 0 heterocycles. The quantitative estimate of drug-likeness (QED) is 0.778. The summed E-state index contributed by atoms with van der Waals surface area (Å²) in [6, 6.07) is 5.94. The molecule has 1 rings (SSSR count). The highest BCUT2D eigenvalue weighted by Crippen LogP contribution is 2.27. The van der Waals surface area contributed by atoms with E-state index in [1.165, 1.54) is 11.1 Å². The molecule has 0 aliphatic heterocycles. The highest BCUT2D eigenvalue weighted by atomic mass is 16.3. The van der Waals surface area contributed by atoms with Crippen LogP contribution in [0.25, 0.3) is 0 Å². The molecule has 0 aromatic heterocycles. The van der Waals surface area contributed by atoms with E-state index in [0.29, 0.717) is 11.7 Å². The third-order valence-corrected chi connectivity index (χ3v) is 2.49. The minimum Gasteiger partial charge on any atom is -0.508 e. The van der Waals surface area contributed by atoms with Crippen LogP contribution in [0.3, 0.4) is 0 Å². The topological polar surface area (TPSA) is 20.2 Å². The Bertz CT molecular complexity index is 332. The van der Waals surface area contributed by atoms with Gasteiger partial charge < -0.3 is 5.11 Å². The van der Waals surface area contributed by atoms with E-state index < -0.39 is 0 Å². The van der Waals surface area contributed by atoms with Crippen molar-refractivity contribution in [2.45, 2.75) is 46.5 Å². The Hall–Kier alpha value is -0.980. The summed E-state index contributed by atoms with van der Waals surface area (Å²) in [6.07, 6.45) is 1.03. The standard InChI is InChI=1S/C14H22O/c1-10(2)6-11-7-12(14(3,4)5)9-13(15)8-11/h7-10,15H,6H2,1-5H3. The molecule has 0 aliphatic rings. The lowest BCUT2D eigenvalue weighted by Gasteiger charge is -2.20. The summed E-state index contributed by atoms with van der Waals surface area (Å²) in [6.45, 7) is 10.9. The number of rotatable bonds is 2. The second kappa shape index (κ2) is 4.26. The molecule has 1 nitrogen and oxygen atoms in total. The Morgan fingerprint density at radius 1 is 1.13 bits per heavy atom. The zero-order valence-corrected chi connectivity index (χ0v) is 10.5. The van der Waals surface area contributed by atoms with E-state index in [9.17, 15) is 5.11 Å². The van der Waals surface area contributed by atoms with Crippen LogP contribution in [0.1, 0.15) is 45.7 Å². The minimum atomic E-state index is 0.102. The maximum absolute atomic E-state index is 9.67. The van der Waals surface area contributed by atoms with Crippen LogP contribution >= 0.6 is 0 Å². The first-order valence-electron chi connectivity index (χ1n) is 5.62. The van der Waals surface area contributed by atoms with Crippen LogP contribution in [0.15, 0.2) is 18.2 Å². The van der Waals surface area contributed by atoms with Gasteiger partial charge in [0.2, 0.25) is 0 Å². The average molecular weight is 206 g/mol. The first-order chi connectivity index (χ1) is 6.79. The van der Waals surface area contributed by atoms with Crippen LogP contribution in [0.2, 0.25) is 0 Å². The average Bonchev–Trinajstić information content (AvgIpc) is 1.99. The second-order valence-electron chi connectivity index (χ2n) is 5.74.